The average Bonchev–Trinajstić information content (AvgIpc) is 2.19. The zero-order valence-corrected chi connectivity index (χ0v) is 7.60. The van der Waals surface area contributed by atoms with Crippen molar-refractivity contribution in [3.05, 3.63) is 24.3 Å². The quantitative estimate of drug-likeness (QED) is 0.430. The fraction of sp³-hybridized carbons (Fsp3) is 0.111. The first kappa shape index (κ1) is 10.0. The molecule has 1 aromatic carbocycles. The number of methoxy groups -OCH3 is 1. The first-order chi connectivity index (χ1) is 6.77. The zero-order chi connectivity index (χ0) is 10.4. The van der Waals surface area contributed by atoms with Crippen LogP contribution in [0.4, 0.5) is 5.69 Å². The van der Waals surface area contributed by atoms with Crippen LogP contribution in [0, 0.1) is 0 Å². The summed E-state index contributed by atoms with van der Waals surface area (Å²) in [5.74, 6) is 0.0317. The van der Waals surface area contributed by atoms with E-state index in [9.17, 15) is 4.79 Å². The number of amides is 1. The third-order valence-corrected chi connectivity index (χ3v) is 1.54. The van der Waals surface area contributed by atoms with E-state index in [2.05, 4.69) is 10.5 Å². The lowest BCUT2D eigenvalue weighted by Gasteiger charge is -2.07. The number of carbonyl (C=O) groups excluding carboxylic acids is 1. The molecule has 0 bridgehead atoms. The van der Waals surface area contributed by atoms with Crippen LogP contribution in [0.2, 0.25) is 0 Å². The summed E-state index contributed by atoms with van der Waals surface area (Å²) in [5, 5.41) is 13.2. The van der Waals surface area contributed by atoms with Crippen molar-refractivity contribution in [1.82, 2.24) is 0 Å². The smallest absolute Gasteiger partial charge is 0.270 e. The standard InChI is InChI=1S/C9H10N2O3/c1-14-8-5-3-2-4-7(8)11-9(12)6-10-13/h2-6,13H,1H3,(H,11,12)/b10-6-. The Bertz CT molecular complexity index is 350. The molecule has 0 spiro atoms. The van der Waals surface area contributed by atoms with E-state index in [0.717, 1.165) is 6.21 Å². The second-order valence-electron chi connectivity index (χ2n) is 2.43. The first-order valence-corrected chi connectivity index (χ1v) is 3.89. The summed E-state index contributed by atoms with van der Waals surface area (Å²) in [6.07, 6.45) is 0.770. The summed E-state index contributed by atoms with van der Waals surface area (Å²) in [6, 6.07) is 6.94. The summed E-state index contributed by atoms with van der Waals surface area (Å²) in [4.78, 5) is 11.0. The van der Waals surface area contributed by atoms with Gasteiger partial charge in [-0.25, -0.2) is 0 Å². The third-order valence-electron chi connectivity index (χ3n) is 1.54. The normalized spacial score (nSPS) is 10.1. The molecule has 0 fully saturated rings. The Labute approximate surface area is 81.0 Å². The number of benzene rings is 1. The molecule has 0 aromatic heterocycles. The van der Waals surface area contributed by atoms with Gasteiger partial charge in [0.15, 0.2) is 0 Å². The average molecular weight is 194 g/mol. The highest BCUT2D eigenvalue weighted by Crippen LogP contribution is 2.22. The highest BCUT2D eigenvalue weighted by molar-refractivity contribution is 6.31. The fourth-order valence-electron chi connectivity index (χ4n) is 0.965. The van der Waals surface area contributed by atoms with Crippen LogP contribution in [-0.2, 0) is 4.79 Å². The largest absolute Gasteiger partial charge is 0.495 e. The van der Waals surface area contributed by atoms with Crippen LogP contribution in [0.15, 0.2) is 29.4 Å². The van der Waals surface area contributed by atoms with E-state index in [-0.39, 0.29) is 0 Å². The minimum atomic E-state index is -0.517. The van der Waals surface area contributed by atoms with Gasteiger partial charge < -0.3 is 15.3 Å². The summed E-state index contributed by atoms with van der Waals surface area (Å²) >= 11 is 0. The number of anilines is 1. The molecule has 2 N–H and O–H groups in total. The SMILES string of the molecule is COc1ccccc1NC(=O)/C=N\O. The number of ether oxygens (including phenoxy) is 1. The number of nitrogens with zero attached hydrogens (tertiary/aromatic N) is 1. The molecule has 0 heterocycles. The van der Waals surface area contributed by atoms with Crippen molar-refractivity contribution < 1.29 is 14.7 Å². The lowest BCUT2D eigenvalue weighted by molar-refractivity contribution is -0.110. The van der Waals surface area contributed by atoms with Crippen LogP contribution in [0.3, 0.4) is 0 Å². The molecule has 0 saturated carbocycles. The molecule has 0 unspecified atom stereocenters. The molecule has 0 aliphatic carbocycles. The molecule has 0 aliphatic heterocycles. The molecule has 1 amide bonds. The van der Waals surface area contributed by atoms with Gasteiger partial charge >= 0.3 is 0 Å². The van der Waals surface area contributed by atoms with Crippen molar-refractivity contribution >= 4 is 17.8 Å². The second-order valence-corrected chi connectivity index (χ2v) is 2.43. The molecule has 0 saturated heterocycles. The van der Waals surface area contributed by atoms with Crippen molar-refractivity contribution in [2.24, 2.45) is 5.16 Å². The Kier molecular flexibility index (Phi) is 3.49. The number of hydrogen-bond donors (Lipinski definition) is 2. The lowest BCUT2D eigenvalue weighted by atomic mass is 10.3. The minimum absolute atomic E-state index is 0.517. The Morgan fingerprint density at radius 1 is 1.57 bits per heavy atom. The number of carbonyl (C=O) groups is 1. The summed E-state index contributed by atoms with van der Waals surface area (Å²) in [5.41, 5.74) is 0.528. The topological polar surface area (TPSA) is 70.9 Å². The third kappa shape index (κ3) is 2.48. The van der Waals surface area contributed by atoms with E-state index in [4.69, 9.17) is 9.94 Å². The van der Waals surface area contributed by atoms with E-state index in [1.165, 1.54) is 7.11 Å². The first-order valence-electron chi connectivity index (χ1n) is 3.89. The van der Waals surface area contributed by atoms with Gasteiger partial charge in [0.2, 0.25) is 0 Å². The maximum Gasteiger partial charge on any atom is 0.270 e. The van der Waals surface area contributed by atoms with Crippen LogP contribution in [-0.4, -0.2) is 24.4 Å². The molecule has 1 aromatic rings. The van der Waals surface area contributed by atoms with Gasteiger partial charge in [-0.1, -0.05) is 17.3 Å². The molecule has 14 heavy (non-hydrogen) atoms. The number of oxime groups is 1. The summed E-state index contributed by atoms with van der Waals surface area (Å²) in [6.45, 7) is 0. The highest BCUT2D eigenvalue weighted by Gasteiger charge is 2.03. The second kappa shape index (κ2) is 4.86. The van der Waals surface area contributed by atoms with Crippen molar-refractivity contribution in [1.29, 1.82) is 0 Å². The van der Waals surface area contributed by atoms with Crippen molar-refractivity contribution in [3.8, 4) is 5.75 Å². The van der Waals surface area contributed by atoms with E-state index >= 15 is 0 Å². The summed E-state index contributed by atoms with van der Waals surface area (Å²) in [7, 11) is 1.51. The molecule has 1 rings (SSSR count). The highest BCUT2D eigenvalue weighted by atomic mass is 16.5. The zero-order valence-electron chi connectivity index (χ0n) is 7.60. The number of rotatable bonds is 3. The van der Waals surface area contributed by atoms with E-state index < -0.39 is 5.91 Å². The molecular weight excluding hydrogens is 184 g/mol. The van der Waals surface area contributed by atoms with Crippen molar-refractivity contribution in [2.45, 2.75) is 0 Å². The van der Waals surface area contributed by atoms with Crippen molar-refractivity contribution in [2.75, 3.05) is 12.4 Å². The Balaban J connectivity index is 2.80. The van der Waals surface area contributed by atoms with Gasteiger partial charge in [-0.15, -0.1) is 0 Å². The van der Waals surface area contributed by atoms with Gasteiger partial charge in [-0.05, 0) is 12.1 Å². The predicted molar refractivity (Wildman–Crippen MR) is 51.9 cm³/mol. The van der Waals surface area contributed by atoms with Gasteiger partial charge in [-0.3, -0.25) is 4.79 Å². The monoisotopic (exact) mass is 194 g/mol. The van der Waals surface area contributed by atoms with Crippen LogP contribution < -0.4 is 10.1 Å². The van der Waals surface area contributed by atoms with Gasteiger partial charge in [-0.2, -0.15) is 0 Å². The van der Waals surface area contributed by atoms with Gasteiger partial charge in [0, 0.05) is 0 Å². The van der Waals surface area contributed by atoms with Gasteiger partial charge in [0.25, 0.3) is 5.91 Å². The molecule has 0 radical (unpaired) electrons. The number of hydrogen-bond acceptors (Lipinski definition) is 4. The Morgan fingerprint density at radius 2 is 2.29 bits per heavy atom. The molecular formula is C9H10N2O3. The number of para-hydroxylation sites is 2. The van der Waals surface area contributed by atoms with Crippen LogP contribution in [0.25, 0.3) is 0 Å². The number of nitrogens with one attached hydrogen (secondary N) is 1. The van der Waals surface area contributed by atoms with Gasteiger partial charge in [0.1, 0.15) is 12.0 Å². The van der Waals surface area contributed by atoms with E-state index in [1.54, 1.807) is 24.3 Å². The molecule has 5 heteroatoms. The maximum atomic E-state index is 11.0. The van der Waals surface area contributed by atoms with E-state index in [1.807, 2.05) is 0 Å². The van der Waals surface area contributed by atoms with E-state index in [0.29, 0.717) is 11.4 Å². The van der Waals surface area contributed by atoms with Crippen LogP contribution in [0.1, 0.15) is 0 Å². The maximum absolute atomic E-state index is 11.0. The molecule has 74 valence electrons. The van der Waals surface area contributed by atoms with Crippen molar-refractivity contribution in [3.63, 3.8) is 0 Å². The summed E-state index contributed by atoms with van der Waals surface area (Å²) < 4.78 is 5.00. The van der Waals surface area contributed by atoms with Gasteiger partial charge in [0.05, 0.1) is 12.8 Å². The Morgan fingerprint density at radius 3 is 2.93 bits per heavy atom. The van der Waals surface area contributed by atoms with Crippen LogP contribution in [0.5, 0.6) is 5.75 Å². The Hall–Kier alpha value is -2.04. The minimum Gasteiger partial charge on any atom is -0.495 e. The fourth-order valence-corrected chi connectivity index (χ4v) is 0.965. The molecule has 0 atom stereocenters. The molecule has 5 nitrogen and oxygen atoms in total. The van der Waals surface area contributed by atoms with Crippen LogP contribution >= 0.6 is 0 Å². The molecule has 0 aliphatic rings. The predicted octanol–water partition coefficient (Wildman–Crippen LogP) is 1.09. The lowest BCUT2D eigenvalue weighted by Crippen LogP contribution is -2.13.